The van der Waals surface area contributed by atoms with Crippen LogP contribution in [-0.4, -0.2) is 57.3 Å². The topological polar surface area (TPSA) is 111 Å². The fourth-order valence-corrected chi connectivity index (χ4v) is 5.92. The Hall–Kier alpha value is -4.16. The minimum Gasteiger partial charge on any atom is -0.493 e. The van der Waals surface area contributed by atoms with Crippen LogP contribution in [0.1, 0.15) is 39.1 Å². The number of hydrogen-bond acceptors (Lipinski definition) is 9. The van der Waals surface area contributed by atoms with E-state index >= 15 is 0 Å². The zero-order chi connectivity index (χ0) is 28.1. The van der Waals surface area contributed by atoms with Crippen molar-refractivity contribution in [1.29, 1.82) is 0 Å². The molecule has 2 aromatic heterocycles. The molecular weight excluding hydrogens is 548 g/mol. The Morgan fingerprint density at radius 3 is 2.60 bits per heavy atom. The van der Waals surface area contributed by atoms with Gasteiger partial charge >= 0.3 is 0 Å². The molecule has 2 aromatic carbocycles. The van der Waals surface area contributed by atoms with E-state index in [0.717, 1.165) is 16.2 Å². The molecular formula is C28H28N6O4S2. The highest BCUT2D eigenvalue weighted by Gasteiger charge is 2.36. The summed E-state index contributed by atoms with van der Waals surface area (Å²) in [6.07, 6.45) is 0.551. The Morgan fingerprint density at radius 2 is 1.88 bits per heavy atom. The minimum atomic E-state index is -0.349. The normalized spacial score (nSPS) is 14.6. The largest absolute Gasteiger partial charge is 0.493 e. The van der Waals surface area contributed by atoms with E-state index in [9.17, 15) is 9.59 Å². The van der Waals surface area contributed by atoms with Gasteiger partial charge in [-0.15, -0.1) is 21.5 Å². The summed E-state index contributed by atoms with van der Waals surface area (Å²) in [6, 6.07) is 18.2. The van der Waals surface area contributed by atoms with Crippen LogP contribution >= 0.6 is 23.1 Å². The maximum absolute atomic E-state index is 13.6. The molecule has 0 bridgehead atoms. The average Bonchev–Trinajstić information content (AvgIpc) is 3.75. The Balaban J connectivity index is 1.30. The molecule has 0 radical (unpaired) electrons. The number of rotatable bonds is 10. The number of benzene rings is 2. The van der Waals surface area contributed by atoms with Gasteiger partial charge in [-0.25, -0.2) is 5.01 Å². The number of carbonyl (C=O) groups is 2. The van der Waals surface area contributed by atoms with Crippen LogP contribution in [0.25, 0.3) is 0 Å². The van der Waals surface area contributed by atoms with E-state index in [-0.39, 0.29) is 30.2 Å². The summed E-state index contributed by atoms with van der Waals surface area (Å²) in [6.45, 7) is 0.212. The molecule has 1 aliphatic rings. The third kappa shape index (κ3) is 5.73. The van der Waals surface area contributed by atoms with Crippen LogP contribution in [0.4, 0.5) is 0 Å². The number of hydrazone groups is 1. The van der Waals surface area contributed by atoms with Crippen molar-refractivity contribution in [2.75, 3.05) is 20.0 Å². The summed E-state index contributed by atoms with van der Waals surface area (Å²) < 4.78 is 13.0. The molecule has 1 aliphatic heterocycles. The third-order valence-corrected chi connectivity index (χ3v) is 8.38. The van der Waals surface area contributed by atoms with Crippen molar-refractivity contribution >= 4 is 40.6 Å². The van der Waals surface area contributed by atoms with Crippen LogP contribution in [0, 0.1) is 0 Å². The number of carbonyl (C=O) groups excluding carboxylic acids is 2. The lowest BCUT2D eigenvalue weighted by atomic mass is 9.99. The van der Waals surface area contributed by atoms with Gasteiger partial charge in [0.2, 0.25) is 0 Å². The van der Waals surface area contributed by atoms with Crippen LogP contribution < -0.4 is 14.8 Å². The lowest BCUT2D eigenvalue weighted by molar-refractivity contribution is -0.130. The number of thiophene rings is 1. The van der Waals surface area contributed by atoms with Crippen LogP contribution in [0.2, 0.25) is 0 Å². The van der Waals surface area contributed by atoms with Crippen molar-refractivity contribution in [3.05, 3.63) is 87.9 Å². The molecule has 12 heteroatoms. The summed E-state index contributed by atoms with van der Waals surface area (Å²) in [5.41, 5.74) is 2.24. The van der Waals surface area contributed by atoms with Gasteiger partial charge in [-0.1, -0.05) is 48.2 Å². The first-order valence-corrected chi connectivity index (χ1v) is 14.3. The summed E-state index contributed by atoms with van der Waals surface area (Å²) >= 11 is 2.86. The number of nitrogens with zero attached hydrogens (tertiary/aromatic N) is 5. The van der Waals surface area contributed by atoms with Gasteiger partial charge in [-0.3, -0.25) is 9.59 Å². The quantitative estimate of drug-likeness (QED) is 0.280. The number of amides is 2. The molecule has 1 N–H and O–H groups in total. The van der Waals surface area contributed by atoms with Crippen molar-refractivity contribution in [2.45, 2.75) is 24.2 Å². The summed E-state index contributed by atoms with van der Waals surface area (Å²) in [4.78, 5) is 27.0. The molecule has 1 atom stereocenters. The van der Waals surface area contributed by atoms with Gasteiger partial charge in [-0.2, -0.15) is 5.10 Å². The highest BCUT2D eigenvalue weighted by Crippen LogP contribution is 2.42. The second kappa shape index (κ2) is 12.3. The smallest absolute Gasteiger partial charge is 0.253 e. The molecule has 4 aromatic rings. The molecule has 10 nitrogen and oxygen atoms in total. The molecule has 40 heavy (non-hydrogen) atoms. The first-order valence-electron chi connectivity index (χ1n) is 12.5. The SMILES string of the molecule is COc1cccc([C@H]2CC(c3cccs3)=NN2C(=O)CSc2nnc(CNC(=O)c3ccccc3)n2C)c1OC. The van der Waals surface area contributed by atoms with E-state index in [0.29, 0.717) is 34.5 Å². The zero-order valence-electron chi connectivity index (χ0n) is 22.2. The molecule has 206 valence electrons. The number of ether oxygens (including phenoxy) is 2. The van der Waals surface area contributed by atoms with E-state index in [2.05, 4.69) is 15.5 Å². The summed E-state index contributed by atoms with van der Waals surface area (Å²) in [7, 11) is 4.99. The second-order valence-corrected chi connectivity index (χ2v) is 10.8. The predicted octanol–water partition coefficient (Wildman–Crippen LogP) is 4.29. The average molecular weight is 577 g/mol. The maximum atomic E-state index is 13.6. The van der Waals surface area contributed by atoms with Gasteiger partial charge in [0.1, 0.15) is 0 Å². The molecule has 0 aliphatic carbocycles. The van der Waals surface area contributed by atoms with E-state index in [1.165, 1.54) is 16.8 Å². The van der Waals surface area contributed by atoms with E-state index < -0.39 is 0 Å². The van der Waals surface area contributed by atoms with Gasteiger partial charge < -0.3 is 19.4 Å². The number of thioether (sulfide) groups is 1. The van der Waals surface area contributed by atoms with E-state index in [4.69, 9.17) is 14.6 Å². The number of aromatic nitrogens is 3. The van der Waals surface area contributed by atoms with Crippen LogP contribution in [0.5, 0.6) is 11.5 Å². The predicted molar refractivity (Wildman–Crippen MR) is 154 cm³/mol. The molecule has 0 spiro atoms. The second-order valence-electron chi connectivity index (χ2n) is 8.86. The first-order chi connectivity index (χ1) is 19.5. The van der Waals surface area contributed by atoms with Gasteiger partial charge in [0.05, 0.1) is 43.1 Å². The minimum absolute atomic E-state index is 0.104. The first kappa shape index (κ1) is 27.4. The fraction of sp³-hybridized carbons (Fsp3) is 0.250. The molecule has 0 fully saturated rings. The monoisotopic (exact) mass is 576 g/mol. The van der Waals surface area contributed by atoms with Crippen LogP contribution in [0.3, 0.4) is 0 Å². The van der Waals surface area contributed by atoms with Crippen molar-refractivity contribution in [3.63, 3.8) is 0 Å². The summed E-state index contributed by atoms with van der Waals surface area (Å²) in [5.74, 6) is 1.49. The van der Waals surface area contributed by atoms with Gasteiger partial charge in [0.25, 0.3) is 11.8 Å². The molecule has 0 saturated heterocycles. The third-order valence-electron chi connectivity index (χ3n) is 6.46. The van der Waals surface area contributed by atoms with Gasteiger partial charge in [0.15, 0.2) is 22.5 Å². The molecule has 0 unspecified atom stereocenters. The highest BCUT2D eigenvalue weighted by atomic mass is 32.2. The van der Waals surface area contributed by atoms with Crippen molar-refractivity contribution in [3.8, 4) is 11.5 Å². The van der Waals surface area contributed by atoms with Crippen LogP contribution in [-0.2, 0) is 18.4 Å². The highest BCUT2D eigenvalue weighted by molar-refractivity contribution is 7.99. The number of para-hydroxylation sites is 1. The van der Waals surface area contributed by atoms with Crippen molar-refractivity contribution < 1.29 is 19.1 Å². The Morgan fingerprint density at radius 1 is 1.05 bits per heavy atom. The maximum Gasteiger partial charge on any atom is 0.253 e. The molecule has 3 heterocycles. The lowest BCUT2D eigenvalue weighted by Crippen LogP contribution is -2.29. The Kier molecular flexibility index (Phi) is 8.46. The van der Waals surface area contributed by atoms with Crippen molar-refractivity contribution in [1.82, 2.24) is 25.1 Å². The fourth-order valence-electron chi connectivity index (χ4n) is 4.42. The summed E-state index contributed by atoms with van der Waals surface area (Å²) in [5, 5.41) is 20.1. The van der Waals surface area contributed by atoms with Crippen molar-refractivity contribution in [2.24, 2.45) is 12.1 Å². The Bertz CT molecular complexity index is 1520. The number of hydrogen-bond donors (Lipinski definition) is 1. The number of methoxy groups -OCH3 is 2. The van der Waals surface area contributed by atoms with E-state index in [1.54, 1.807) is 42.3 Å². The van der Waals surface area contributed by atoms with Crippen LogP contribution in [0.15, 0.2) is 76.3 Å². The zero-order valence-corrected chi connectivity index (χ0v) is 23.9. The molecule has 2 amide bonds. The standard InChI is InChI=1S/C28H28N6O4S2/c1-33-24(16-29-27(36)18-9-5-4-6-10-18)30-31-28(33)40-17-25(35)34-21(15-20(32-34)23-13-8-14-39-23)19-11-7-12-22(37-2)26(19)38-3/h4-14,21H,15-17H2,1-3H3,(H,29,36)/t21-/m1/s1. The molecule has 5 rings (SSSR count). The molecule has 0 saturated carbocycles. The Labute approximate surface area is 240 Å². The van der Waals surface area contributed by atoms with Gasteiger partial charge in [-0.05, 0) is 29.6 Å². The van der Waals surface area contributed by atoms with E-state index in [1.807, 2.05) is 61.0 Å². The lowest BCUT2D eigenvalue weighted by Gasteiger charge is -2.24. The number of nitrogens with one attached hydrogen (secondary N) is 1. The van der Waals surface area contributed by atoms with Gasteiger partial charge in [0, 0.05) is 24.6 Å².